The van der Waals surface area contributed by atoms with Crippen molar-refractivity contribution in [3.8, 4) is 11.1 Å². The van der Waals surface area contributed by atoms with E-state index in [1.807, 2.05) is 46.8 Å². The summed E-state index contributed by atoms with van der Waals surface area (Å²) < 4.78 is 13.9. The van der Waals surface area contributed by atoms with Gasteiger partial charge in [-0.05, 0) is 101 Å². The molecule has 1 aromatic heterocycles. The molecule has 2 N–H and O–H groups in total. The molecule has 0 saturated carbocycles. The van der Waals surface area contributed by atoms with Gasteiger partial charge in [-0.25, -0.2) is 4.39 Å². The molecule has 0 amide bonds. The number of aromatic nitrogens is 2. The zero-order valence-corrected chi connectivity index (χ0v) is 32.2. The minimum Gasteiger partial charge on any atom is -0.382 e. The molecule has 7 nitrogen and oxygen atoms in total. The summed E-state index contributed by atoms with van der Waals surface area (Å²) in [6.45, 7) is 32.0. The van der Waals surface area contributed by atoms with Crippen molar-refractivity contribution in [2.75, 3.05) is 46.3 Å². The van der Waals surface area contributed by atoms with Gasteiger partial charge < -0.3 is 20.1 Å². The molecule has 2 aromatic carbocycles. The average Bonchev–Trinajstić information content (AvgIpc) is 3.80. The van der Waals surface area contributed by atoms with Crippen LogP contribution in [0.5, 0.6) is 0 Å². The van der Waals surface area contributed by atoms with E-state index in [0.29, 0.717) is 18.6 Å². The lowest BCUT2D eigenvalue weighted by atomic mass is 9.99. The molecular weight excluding hydrogens is 609 g/mol. The number of aromatic amines is 1. The molecule has 1 saturated heterocycles. The number of aryl methyl sites for hydroxylation is 1. The van der Waals surface area contributed by atoms with Gasteiger partial charge in [0, 0.05) is 49.5 Å². The van der Waals surface area contributed by atoms with E-state index < -0.39 is 0 Å². The Morgan fingerprint density at radius 1 is 1.12 bits per heavy atom. The van der Waals surface area contributed by atoms with E-state index in [1.54, 1.807) is 13.1 Å². The van der Waals surface area contributed by atoms with Crippen LogP contribution in [0.15, 0.2) is 65.4 Å². The predicted molar refractivity (Wildman–Crippen MR) is 211 cm³/mol. The van der Waals surface area contributed by atoms with Gasteiger partial charge in [0.15, 0.2) is 0 Å². The molecule has 3 heterocycles. The van der Waals surface area contributed by atoms with Crippen molar-refractivity contribution >= 4 is 17.6 Å². The number of likely N-dealkylation sites (tertiary alicyclic amines) is 1. The number of aliphatic imine (C=N–C) groups is 1. The summed E-state index contributed by atoms with van der Waals surface area (Å²) in [6.07, 6.45) is 8.40. The third-order valence-corrected chi connectivity index (χ3v) is 9.20. The average molecular weight is 676 g/mol. The summed E-state index contributed by atoms with van der Waals surface area (Å²) in [5, 5.41) is 12.6. The number of halogens is 1. The SMILES string of the molecule is C=C(C1CC=C(NCc2[nH]nc3cc(-c4cc(F)ccc4C)ccc23)CN1CC)N(CCCC)C(C)CN1CCCC1.C=NC.CC.CC. The number of unbranched alkanes of at least 4 members (excludes halogenated alkanes) is 1. The van der Waals surface area contributed by atoms with Crippen LogP contribution in [0.1, 0.15) is 91.8 Å². The predicted octanol–water partition coefficient (Wildman–Crippen LogP) is 9.21. The van der Waals surface area contributed by atoms with Gasteiger partial charge in [0.1, 0.15) is 5.82 Å². The number of H-pyrrole nitrogens is 1. The van der Waals surface area contributed by atoms with Gasteiger partial charge in [-0.3, -0.25) is 10.00 Å². The molecular formula is C41H66FN7. The smallest absolute Gasteiger partial charge is 0.123 e. The molecule has 2 unspecified atom stereocenters. The van der Waals surface area contributed by atoms with Crippen molar-refractivity contribution in [2.45, 2.75) is 106 Å². The fourth-order valence-electron chi connectivity index (χ4n) is 6.68. The molecule has 272 valence electrons. The molecule has 2 atom stereocenters. The Kier molecular flexibility index (Phi) is 18.9. The molecule has 49 heavy (non-hydrogen) atoms. The first-order valence-corrected chi connectivity index (χ1v) is 18.7. The van der Waals surface area contributed by atoms with Crippen LogP contribution in [0.3, 0.4) is 0 Å². The van der Waals surface area contributed by atoms with E-state index in [1.165, 1.54) is 56.2 Å². The third kappa shape index (κ3) is 11.8. The van der Waals surface area contributed by atoms with Crippen LogP contribution in [0.4, 0.5) is 4.39 Å². The lowest BCUT2D eigenvalue weighted by Crippen LogP contribution is -2.49. The van der Waals surface area contributed by atoms with Gasteiger partial charge in [0.2, 0.25) is 0 Å². The molecule has 0 bridgehead atoms. The largest absolute Gasteiger partial charge is 0.382 e. The Labute approximate surface area is 297 Å². The lowest BCUT2D eigenvalue weighted by Gasteiger charge is -2.43. The van der Waals surface area contributed by atoms with E-state index in [2.05, 4.69) is 80.9 Å². The van der Waals surface area contributed by atoms with E-state index in [-0.39, 0.29) is 5.82 Å². The minimum atomic E-state index is -0.222. The highest BCUT2D eigenvalue weighted by Gasteiger charge is 2.30. The van der Waals surface area contributed by atoms with Crippen molar-refractivity contribution < 1.29 is 4.39 Å². The topological polar surface area (TPSA) is 62.8 Å². The van der Waals surface area contributed by atoms with Crippen LogP contribution in [-0.4, -0.2) is 90.0 Å². The van der Waals surface area contributed by atoms with Crippen molar-refractivity contribution in [2.24, 2.45) is 4.99 Å². The summed E-state index contributed by atoms with van der Waals surface area (Å²) in [5.41, 5.74) is 7.41. The summed E-state index contributed by atoms with van der Waals surface area (Å²) in [4.78, 5) is 11.0. The first kappa shape index (κ1) is 41.7. The van der Waals surface area contributed by atoms with Gasteiger partial charge in [0.05, 0.1) is 23.8 Å². The van der Waals surface area contributed by atoms with Crippen LogP contribution < -0.4 is 5.32 Å². The Balaban J connectivity index is 0.00000111. The Morgan fingerprint density at radius 2 is 1.82 bits per heavy atom. The Bertz CT molecular complexity index is 1440. The maximum absolute atomic E-state index is 13.9. The molecule has 5 rings (SSSR count). The normalized spacial score (nSPS) is 16.6. The molecule has 2 aliphatic rings. The number of nitrogens with zero attached hydrogens (tertiary/aromatic N) is 5. The zero-order valence-electron chi connectivity index (χ0n) is 32.2. The number of hydrogen-bond acceptors (Lipinski definition) is 6. The van der Waals surface area contributed by atoms with E-state index in [0.717, 1.165) is 65.9 Å². The van der Waals surface area contributed by atoms with Crippen LogP contribution in [0.25, 0.3) is 22.0 Å². The number of nitrogens with one attached hydrogen (secondary N) is 2. The summed E-state index contributed by atoms with van der Waals surface area (Å²) in [6, 6.07) is 11.9. The maximum Gasteiger partial charge on any atom is 0.123 e. The van der Waals surface area contributed by atoms with E-state index in [9.17, 15) is 4.39 Å². The number of rotatable bonds is 13. The highest BCUT2D eigenvalue weighted by atomic mass is 19.1. The fourth-order valence-corrected chi connectivity index (χ4v) is 6.68. The number of fused-ring (bicyclic) bond motifs is 1. The van der Waals surface area contributed by atoms with Crippen LogP contribution in [-0.2, 0) is 6.54 Å². The summed E-state index contributed by atoms with van der Waals surface area (Å²) in [7, 11) is 1.64. The summed E-state index contributed by atoms with van der Waals surface area (Å²) >= 11 is 0. The second-order valence-corrected chi connectivity index (χ2v) is 12.5. The first-order chi connectivity index (χ1) is 23.8. The second-order valence-electron chi connectivity index (χ2n) is 12.5. The number of hydrogen-bond donors (Lipinski definition) is 2. The van der Waals surface area contributed by atoms with Crippen molar-refractivity contribution in [3.63, 3.8) is 0 Å². The van der Waals surface area contributed by atoms with Crippen LogP contribution in [0, 0.1) is 12.7 Å². The van der Waals surface area contributed by atoms with Crippen LogP contribution >= 0.6 is 0 Å². The molecule has 1 fully saturated rings. The van der Waals surface area contributed by atoms with Gasteiger partial charge in [-0.15, -0.1) is 0 Å². The minimum absolute atomic E-state index is 0.222. The summed E-state index contributed by atoms with van der Waals surface area (Å²) in [5.74, 6) is -0.222. The fraction of sp³-hybridized carbons (Fsp3) is 0.561. The van der Waals surface area contributed by atoms with E-state index in [4.69, 9.17) is 6.58 Å². The van der Waals surface area contributed by atoms with Crippen molar-refractivity contribution in [1.82, 2.24) is 30.2 Å². The van der Waals surface area contributed by atoms with Crippen LogP contribution in [0.2, 0.25) is 0 Å². The monoisotopic (exact) mass is 676 g/mol. The Hall–Kier alpha value is -3.49. The highest BCUT2D eigenvalue weighted by molar-refractivity contribution is 5.86. The third-order valence-electron chi connectivity index (χ3n) is 9.20. The molecule has 0 spiro atoms. The molecule has 0 radical (unpaired) electrons. The number of likely N-dealkylation sites (N-methyl/N-ethyl adjacent to an activating group) is 1. The van der Waals surface area contributed by atoms with Gasteiger partial charge in [-0.2, -0.15) is 5.10 Å². The zero-order chi connectivity index (χ0) is 36.3. The second kappa shape index (κ2) is 22.3. The first-order valence-electron chi connectivity index (χ1n) is 18.7. The van der Waals surface area contributed by atoms with Crippen molar-refractivity contribution in [3.05, 3.63) is 77.5 Å². The standard InChI is InChI=1S/C35H49FN6.C2H5N.2C2H6/c1-6-8-19-42(26(4)23-40-17-9-10-18-40)27(5)35-16-14-30(24-41(35)7-2)37-22-34-31-15-12-28(20-33(31)38-39-34)32-21-29(36)13-11-25(32)3;1-3-2;2*1-2/h11-15,20-21,26,35,37H,5-10,16-19,22-24H2,1-4H3,(H,38,39);1H2,2H3;2*1-2H3. The van der Waals surface area contributed by atoms with Gasteiger partial charge in [-0.1, -0.05) is 78.8 Å². The maximum atomic E-state index is 13.9. The van der Waals surface area contributed by atoms with Gasteiger partial charge >= 0.3 is 0 Å². The van der Waals surface area contributed by atoms with Crippen molar-refractivity contribution in [1.29, 1.82) is 0 Å². The number of benzene rings is 2. The lowest BCUT2D eigenvalue weighted by molar-refractivity contribution is 0.146. The van der Waals surface area contributed by atoms with E-state index >= 15 is 0 Å². The molecule has 2 aliphatic heterocycles. The quantitative estimate of drug-likeness (QED) is 0.177. The molecule has 3 aromatic rings. The van der Waals surface area contributed by atoms with Gasteiger partial charge in [0.25, 0.3) is 0 Å². The Morgan fingerprint density at radius 3 is 2.47 bits per heavy atom. The molecule has 8 heteroatoms. The molecule has 0 aliphatic carbocycles. The highest BCUT2D eigenvalue weighted by Crippen LogP contribution is 2.29.